The Morgan fingerprint density at radius 2 is 1.80 bits per heavy atom. The summed E-state index contributed by atoms with van der Waals surface area (Å²) in [6.07, 6.45) is 9.89. The molecule has 1 heterocycles. The van der Waals surface area contributed by atoms with E-state index in [0.29, 0.717) is 18.5 Å². The maximum absolute atomic E-state index is 14.4. The Morgan fingerprint density at radius 1 is 1.05 bits per heavy atom. The zero-order chi connectivity index (χ0) is 29.5. The van der Waals surface area contributed by atoms with Crippen LogP contribution in [0.4, 0.5) is 17.6 Å². The standard InChI is InChI=1S/C32H40F4N2O3/c1-21(16-24-11-13-26(33)18-28(24)34)19-37(31(39)25-12-14-29(41-32(35)36)30(17-25)40-3)20-27-10-7-15-38(27)22(2)23-8-5-4-6-9-23/h11-14,16-18,22-23,27,32H,4-10,15,19-20H2,1-3H3/b21-16+/t22?,27-/m0/s1. The number of hydrogen-bond donors (Lipinski definition) is 0. The van der Waals surface area contributed by atoms with Crippen molar-refractivity contribution < 1.29 is 31.8 Å². The number of hydrogen-bond acceptors (Lipinski definition) is 4. The first kappa shape index (κ1) is 30.9. The Balaban J connectivity index is 1.60. The maximum Gasteiger partial charge on any atom is 0.387 e. The van der Waals surface area contributed by atoms with Crippen molar-refractivity contribution in [2.75, 3.05) is 26.7 Å². The van der Waals surface area contributed by atoms with Gasteiger partial charge in [0.05, 0.1) is 7.11 Å². The second-order valence-electron chi connectivity index (χ2n) is 11.3. The molecule has 2 aliphatic rings. The molecule has 4 rings (SSSR count). The van der Waals surface area contributed by atoms with Gasteiger partial charge in [0, 0.05) is 42.4 Å². The first-order valence-corrected chi connectivity index (χ1v) is 14.5. The number of ether oxygens (including phenoxy) is 2. The number of carbonyl (C=O) groups excluding carboxylic acids is 1. The van der Waals surface area contributed by atoms with Crippen molar-refractivity contribution in [1.82, 2.24) is 9.80 Å². The van der Waals surface area contributed by atoms with E-state index in [2.05, 4.69) is 16.6 Å². The minimum atomic E-state index is -3.03. The highest BCUT2D eigenvalue weighted by molar-refractivity contribution is 5.95. The minimum absolute atomic E-state index is 0.0326. The Morgan fingerprint density at radius 3 is 2.49 bits per heavy atom. The number of likely N-dealkylation sites (tertiary alicyclic amines) is 1. The van der Waals surface area contributed by atoms with Crippen LogP contribution < -0.4 is 9.47 Å². The average Bonchev–Trinajstić information content (AvgIpc) is 3.42. The molecule has 2 aromatic rings. The molecule has 9 heteroatoms. The number of rotatable bonds is 11. The lowest BCUT2D eigenvalue weighted by Crippen LogP contribution is -2.48. The molecule has 0 N–H and O–H groups in total. The normalized spacial score (nSPS) is 19.4. The van der Waals surface area contributed by atoms with E-state index in [9.17, 15) is 22.4 Å². The van der Waals surface area contributed by atoms with Gasteiger partial charge >= 0.3 is 6.61 Å². The molecular weight excluding hydrogens is 536 g/mol. The molecule has 0 radical (unpaired) electrons. The molecule has 1 saturated carbocycles. The molecule has 2 aromatic carbocycles. The fraction of sp³-hybridized carbons (Fsp3) is 0.531. The number of halogens is 4. The van der Waals surface area contributed by atoms with E-state index in [1.54, 1.807) is 17.9 Å². The smallest absolute Gasteiger partial charge is 0.387 e. The van der Waals surface area contributed by atoms with E-state index in [1.807, 2.05) is 0 Å². The van der Waals surface area contributed by atoms with Crippen LogP contribution in [-0.2, 0) is 0 Å². The van der Waals surface area contributed by atoms with Gasteiger partial charge in [0.2, 0.25) is 0 Å². The molecule has 2 atom stereocenters. The van der Waals surface area contributed by atoms with Crippen molar-refractivity contribution in [3.05, 3.63) is 64.7 Å². The van der Waals surface area contributed by atoms with E-state index in [0.717, 1.165) is 31.0 Å². The third-order valence-electron chi connectivity index (χ3n) is 8.43. The van der Waals surface area contributed by atoms with Crippen molar-refractivity contribution in [1.29, 1.82) is 0 Å². The molecule has 5 nitrogen and oxygen atoms in total. The van der Waals surface area contributed by atoms with E-state index in [4.69, 9.17) is 4.74 Å². The fourth-order valence-corrected chi connectivity index (χ4v) is 6.36. The molecule has 1 aliphatic carbocycles. The highest BCUT2D eigenvalue weighted by Gasteiger charge is 2.35. The number of nitrogens with zero attached hydrogens (tertiary/aromatic N) is 2. The number of methoxy groups -OCH3 is 1. The van der Waals surface area contributed by atoms with Crippen LogP contribution in [0, 0.1) is 17.6 Å². The van der Waals surface area contributed by atoms with Gasteiger partial charge in [-0.2, -0.15) is 8.78 Å². The molecule has 2 fully saturated rings. The monoisotopic (exact) mass is 576 g/mol. The molecular formula is C32H40F4N2O3. The lowest BCUT2D eigenvalue weighted by Gasteiger charge is -2.39. The minimum Gasteiger partial charge on any atom is -0.493 e. The Labute approximate surface area is 240 Å². The predicted octanol–water partition coefficient (Wildman–Crippen LogP) is 7.55. The molecule has 1 amide bonds. The molecule has 41 heavy (non-hydrogen) atoms. The Kier molecular flexibility index (Phi) is 10.7. The van der Waals surface area contributed by atoms with Gasteiger partial charge < -0.3 is 14.4 Å². The van der Waals surface area contributed by atoms with Gasteiger partial charge in [-0.15, -0.1) is 0 Å². The summed E-state index contributed by atoms with van der Waals surface area (Å²) in [7, 11) is 1.33. The van der Waals surface area contributed by atoms with Crippen LogP contribution in [0.15, 0.2) is 42.0 Å². The van der Waals surface area contributed by atoms with E-state index >= 15 is 0 Å². The van der Waals surface area contributed by atoms with E-state index in [-0.39, 0.29) is 41.1 Å². The third-order valence-corrected chi connectivity index (χ3v) is 8.43. The Bertz CT molecular complexity index is 1220. The predicted molar refractivity (Wildman–Crippen MR) is 151 cm³/mol. The fourth-order valence-electron chi connectivity index (χ4n) is 6.36. The molecule has 1 aliphatic heterocycles. The van der Waals surface area contributed by atoms with Gasteiger partial charge in [-0.25, -0.2) is 8.78 Å². The van der Waals surface area contributed by atoms with Crippen LogP contribution in [0.5, 0.6) is 11.5 Å². The summed E-state index contributed by atoms with van der Waals surface area (Å²) >= 11 is 0. The topological polar surface area (TPSA) is 42.0 Å². The summed E-state index contributed by atoms with van der Waals surface area (Å²) < 4.78 is 63.3. The van der Waals surface area contributed by atoms with Gasteiger partial charge in [-0.05, 0) is 82.3 Å². The van der Waals surface area contributed by atoms with Gasteiger partial charge in [-0.3, -0.25) is 9.69 Å². The van der Waals surface area contributed by atoms with Crippen LogP contribution in [0.1, 0.15) is 74.7 Å². The van der Waals surface area contributed by atoms with Crippen molar-refractivity contribution in [2.24, 2.45) is 5.92 Å². The number of benzene rings is 2. The first-order valence-electron chi connectivity index (χ1n) is 14.5. The molecule has 0 spiro atoms. The van der Waals surface area contributed by atoms with Crippen molar-refractivity contribution >= 4 is 12.0 Å². The molecule has 1 saturated heterocycles. The highest BCUT2D eigenvalue weighted by Crippen LogP contribution is 2.34. The lowest BCUT2D eigenvalue weighted by molar-refractivity contribution is -0.0512. The quantitative estimate of drug-likeness (QED) is 0.259. The number of amides is 1. The summed E-state index contributed by atoms with van der Waals surface area (Å²) in [5, 5.41) is 0. The summed E-state index contributed by atoms with van der Waals surface area (Å²) in [5.41, 5.74) is 1.23. The average molecular weight is 577 g/mol. The third kappa shape index (κ3) is 8.03. The van der Waals surface area contributed by atoms with E-state index in [1.165, 1.54) is 69.5 Å². The van der Waals surface area contributed by atoms with Crippen molar-refractivity contribution in [3.63, 3.8) is 0 Å². The van der Waals surface area contributed by atoms with Crippen molar-refractivity contribution in [3.8, 4) is 11.5 Å². The summed E-state index contributed by atoms with van der Waals surface area (Å²) in [6, 6.07) is 8.14. The summed E-state index contributed by atoms with van der Waals surface area (Å²) in [4.78, 5) is 18.2. The second-order valence-corrected chi connectivity index (χ2v) is 11.3. The molecule has 0 aromatic heterocycles. The van der Waals surface area contributed by atoms with Gasteiger partial charge in [0.1, 0.15) is 11.6 Å². The zero-order valence-corrected chi connectivity index (χ0v) is 24.1. The zero-order valence-electron chi connectivity index (χ0n) is 24.1. The van der Waals surface area contributed by atoms with Crippen LogP contribution in [0.2, 0.25) is 0 Å². The maximum atomic E-state index is 14.4. The largest absolute Gasteiger partial charge is 0.493 e. The first-order chi connectivity index (χ1) is 19.7. The number of alkyl halides is 2. The van der Waals surface area contributed by atoms with Crippen molar-refractivity contribution in [2.45, 2.75) is 77.5 Å². The highest BCUT2D eigenvalue weighted by atomic mass is 19.3. The second kappa shape index (κ2) is 14.2. The van der Waals surface area contributed by atoms with Crippen LogP contribution in [0.3, 0.4) is 0 Å². The molecule has 0 bridgehead atoms. The SMILES string of the molecule is COc1cc(C(=O)N(C/C(C)=C/c2ccc(F)cc2F)C[C@@H]2CCCN2C(C)C2CCCCC2)ccc1OC(F)F. The summed E-state index contributed by atoms with van der Waals surface area (Å²) in [6.45, 7) is 2.74. The van der Waals surface area contributed by atoms with Crippen LogP contribution >= 0.6 is 0 Å². The van der Waals surface area contributed by atoms with Gasteiger partial charge in [0.25, 0.3) is 5.91 Å². The summed E-state index contributed by atoms with van der Waals surface area (Å²) in [5.74, 6) is -1.11. The van der Waals surface area contributed by atoms with Crippen LogP contribution in [-0.4, -0.2) is 61.1 Å². The van der Waals surface area contributed by atoms with E-state index < -0.39 is 18.2 Å². The molecule has 1 unspecified atom stereocenters. The van der Waals surface area contributed by atoms with Gasteiger partial charge in [-0.1, -0.05) is 30.9 Å². The molecule has 224 valence electrons. The lowest BCUT2D eigenvalue weighted by atomic mass is 9.83. The Hall–Kier alpha value is -3.07. The van der Waals surface area contributed by atoms with Crippen LogP contribution in [0.25, 0.3) is 6.08 Å². The van der Waals surface area contributed by atoms with Gasteiger partial charge in [0.15, 0.2) is 11.5 Å². The number of carbonyl (C=O) groups is 1.